The van der Waals surface area contributed by atoms with Crippen LogP contribution < -0.4 is 0 Å². The van der Waals surface area contributed by atoms with Crippen molar-refractivity contribution in [3.8, 4) is 112 Å². The first kappa shape index (κ1) is 44.6. The van der Waals surface area contributed by atoms with Gasteiger partial charge in [0, 0.05) is 54.5 Å². The summed E-state index contributed by atoms with van der Waals surface area (Å²) in [5, 5.41) is 0. The molecule has 0 radical (unpaired) electrons. The van der Waals surface area contributed by atoms with Gasteiger partial charge in [0.1, 0.15) is 11.6 Å². The summed E-state index contributed by atoms with van der Waals surface area (Å²) in [6.45, 7) is 0. The van der Waals surface area contributed by atoms with Crippen LogP contribution in [0.1, 0.15) is 0 Å². The molecule has 7 aromatic carbocycles. The first-order valence-electron chi connectivity index (χ1n) is 23.0. The Morgan fingerprint density at radius 2 is 0.775 bits per heavy atom. The SMILES string of the molecule is [Ir+3].[c-]1ccccc1-c1ccc(-n2ccnc2-c2cc(-c3ccccc3-c3ccc(-c4[c-]ccc(-c5ccc(-c6ccccc6)cc5)c4)nc3)cc(-c3nccn3-c3ccc(-c4[c-]cccc4)nc3)c2)cn1. The van der Waals surface area contributed by atoms with Gasteiger partial charge in [-0.2, -0.15) is 0 Å². The van der Waals surface area contributed by atoms with Gasteiger partial charge in [0.05, 0.1) is 11.4 Å². The summed E-state index contributed by atoms with van der Waals surface area (Å²) in [6, 6.07) is 78.6. The van der Waals surface area contributed by atoms with Gasteiger partial charge in [0.2, 0.25) is 0 Å². The van der Waals surface area contributed by atoms with Crippen LogP contribution in [0.15, 0.2) is 244 Å². The molecule has 0 spiro atoms. The minimum Gasteiger partial charge on any atom is -0.304 e. The van der Waals surface area contributed by atoms with E-state index in [0.29, 0.717) is 0 Å². The Kier molecular flexibility index (Phi) is 12.5. The van der Waals surface area contributed by atoms with E-state index in [1.165, 1.54) is 11.1 Å². The van der Waals surface area contributed by atoms with E-state index in [1.807, 2.05) is 116 Å². The molecule has 0 saturated carbocycles. The van der Waals surface area contributed by atoms with Gasteiger partial charge in [0.15, 0.2) is 0 Å². The van der Waals surface area contributed by atoms with Gasteiger partial charge in [-0.3, -0.25) is 9.13 Å². The molecular formula is C63H40IrN7. The average molecular weight is 1090 g/mol. The van der Waals surface area contributed by atoms with Crippen LogP contribution in [0.25, 0.3) is 112 Å². The van der Waals surface area contributed by atoms with Crippen molar-refractivity contribution in [2.75, 3.05) is 0 Å². The van der Waals surface area contributed by atoms with Gasteiger partial charge in [-0.15, -0.1) is 107 Å². The maximum atomic E-state index is 5.03. The second kappa shape index (κ2) is 20.0. The zero-order valence-electron chi connectivity index (χ0n) is 38.1. The third-order valence-electron chi connectivity index (χ3n) is 12.5. The summed E-state index contributed by atoms with van der Waals surface area (Å²) in [6.07, 6.45) is 13.3. The Labute approximate surface area is 425 Å². The first-order valence-corrected chi connectivity index (χ1v) is 23.0. The predicted molar refractivity (Wildman–Crippen MR) is 280 cm³/mol. The Morgan fingerprint density at radius 1 is 0.310 bits per heavy atom. The van der Waals surface area contributed by atoms with Crippen LogP contribution in [-0.2, 0) is 20.1 Å². The molecule has 5 aromatic heterocycles. The molecule has 0 aliphatic rings. The maximum Gasteiger partial charge on any atom is 3.00 e. The third-order valence-corrected chi connectivity index (χ3v) is 12.5. The van der Waals surface area contributed by atoms with Crippen LogP contribution >= 0.6 is 0 Å². The van der Waals surface area contributed by atoms with E-state index >= 15 is 0 Å². The molecule has 0 aliphatic heterocycles. The van der Waals surface area contributed by atoms with Crippen molar-refractivity contribution in [1.29, 1.82) is 0 Å². The summed E-state index contributed by atoms with van der Waals surface area (Å²) in [7, 11) is 0. The van der Waals surface area contributed by atoms with Crippen molar-refractivity contribution in [1.82, 2.24) is 34.1 Å². The van der Waals surface area contributed by atoms with Gasteiger partial charge in [-0.25, -0.2) is 9.97 Å². The molecule has 0 atom stereocenters. The number of hydrogen-bond donors (Lipinski definition) is 0. The van der Waals surface area contributed by atoms with Crippen molar-refractivity contribution in [2.45, 2.75) is 0 Å². The van der Waals surface area contributed by atoms with Gasteiger partial charge in [-0.1, -0.05) is 103 Å². The number of imidazole rings is 2. The smallest absolute Gasteiger partial charge is 0.304 e. The molecule has 0 fully saturated rings. The average Bonchev–Trinajstić information content (AvgIpc) is 4.16. The number of pyridine rings is 3. The Balaban J connectivity index is 0.00000547. The molecule has 8 heteroatoms. The molecule has 7 nitrogen and oxygen atoms in total. The van der Waals surface area contributed by atoms with Crippen LogP contribution in [0.2, 0.25) is 0 Å². The second-order valence-electron chi connectivity index (χ2n) is 16.8. The number of nitrogens with zero attached hydrogens (tertiary/aromatic N) is 7. The van der Waals surface area contributed by atoms with Crippen LogP contribution in [0, 0.1) is 18.2 Å². The predicted octanol–water partition coefficient (Wildman–Crippen LogP) is 14.6. The number of benzene rings is 7. The molecule has 0 aliphatic carbocycles. The zero-order valence-corrected chi connectivity index (χ0v) is 40.5. The molecule has 12 rings (SSSR count). The molecule has 0 saturated heterocycles. The van der Waals surface area contributed by atoms with Crippen LogP contribution in [0.4, 0.5) is 0 Å². The minimum absolute atomic E-state index is 0. The van der Waals surface area contributed by atoms with E-state index in [4.69, 9.17) is 24.9 Å². The Morgan fingerprint density at radius 3 is 1.31 bits per heavy atom. The van der Waals surface area contributed by atoms with Crippen molar-refractivity contribution in [3.05, 3.63) is 262 Å². The molecule has 336 valence electrons. The van der Waals surface area contributed by atoms with E-state index in [2.05, 4.69) is 155 Å². The van der Waals surface area contributed by atoms with Crippen LogP contribution in [0.3, 0.4) is 0 Å². The van der Waals surface area contributed by atoms with Crippen LogP contribution in [-0.4, -0.2) is 34.1 Å². The second-order valence-corrected chi connectivity index (χ2v) is 16.8. The molecule has 0 bridgehead atoms. The molecule has 0 N–H and O–H groups in total. The van der Waals surface area contributed by atoms with Crippen molar-refractivity contribution >= 4 is 0 Å². The van der Waals surface area contributed by atoms with Crippen molar-refractivity contribution in [2.24, 2.45) is 0 Å². The molecule has 12 aromatic rings. The normalized spacial score (nSPS) is 11.0. The minimum atomic E-state index is 0. The number of hydrogen-bond acceptors (Lipinski definition) is 5. The summed E-state index contributed by atoms with van der Waals surface area (Å²) >= 11 is 0. The zero-order chi connectivity index (χ0) is 46.6. The largest absolute Gasteiger partial charge is 3.00 e. The summed E-state index contributed by atoms with van der Waals surface area (Å²) in [5.41, 5.74) is 17.7. The van der Waals surface area contributed by atoms with Crippen LogP contribution in [0.5, 0.6) is 0 Å². The van der Waals surface area contributed by atoms with E-state index in [1.54, 1.807) is 0 Å². The van der Waals surface area contributed by atoms with E-state index in [9.17, 15) is 0 Å². The quantitative estimate of drug-likeness (QED) is 0.121. The first-order chi connectivity index (χ1) is 34.7. The van der Waals surface area contributed by atoms with E-state index in [-0.39, 0.29) is 20.1 Å². The van der Waals surface area contributed by atoms with Gasteiger partial charge >= 0.3 is 20.1 Å². The molecule has 71 heavy (non-hydrogen) atoms. The van der Waals surface area contributed by atoms with E-state index in [0.717, 1.165) is 101 Å². The fourth-order valence-corrected chi connectivity index (χ4v) is 8.95. The van der Waals surface area contributed by atoms with Gasteiger partial charge in [-0.05, 0) is 86.4 Å². The summed E-state index contributed by atoms with van der Waals surface area (Å²) < 4.78 is 4.15. The van der Waals surface area contributed by atoms with Crippen molar-refractivity contribution < 1.29 is 20.1 Å². The van der Waals surface area contributed by atoms with Gasteiger partial charge in [0.25, 0.3) is 0 Å². The van der Waals surface area contributed by atoms with E-state index < -0.39 is 0 Å². The standard InChI is InChI=1S/C63H40N7.Ir/c1-4-13-44(14-5-1)45-23-25-46(26-24-45)49-19-12-20-50(37-49)61-30-27-51(41-66-61)57-21-10-11-22-58(57)52-38-53(62-64-33-35-69(62)55-28-31-59(67-42-55)47-15-6-2-7-16-47)40-54(39-52)63-65-34-36-70(63)56-29-32-60(68-43-56)48-17-8-3-9-18-48;/h1-15,17,19,21-43H;/q-3;+3. The number of aromatic nitrogens is 7. The molecular weight excluding hydrogens is 1050 g/mol. The van der Waals surface area contributed by atoms with Crippen molar-refractivity contribution in [3.63, 3.8) is 0 Å². The monoisotopic (exact) mass is 1090 g/mol. The molecule has 0 unspecified atom stereocenters. The Hall–Kier alpha value is -8.94. The summed E-state index contributed by atoms with van der Waals surface area (Å²) in [5.74, 6) is 1.53. The summed E-state index contributed by atoms with van der Waals surface area (Å²) in [4.78, 5) is 24.6. The molecule has 5 heterocycles. The molecule has 0 amide bonds. The fourth-order valence-electron chi connectivity index (χ4n) is 8.95. The maximum absolute atomic E-state index is 5.03. The third kappa shape index (κ3) is 9.21. The van der Waals surface area contributed by atoms with Gasteiger partial charge < -0.3 is 15.0 Å². The topological polar surface area (TPSA) is 74.3 Å². The fraction of sp³-hybridized carbons (Fsp3) is 0. The Bertz CT molecular complexity index is 3580. The number of rotatable bonds is 11.